The number of nitrogens with one attached hydrogen (secondary N) is 1. The van der Waals surface area contributed by atoms with Gasteiger partial charge in [0.05, 0.1) is 23.1 Å². The Labute approximate surface area is 187 Å². The molecule has 0 spiro atoms. The van der Waals surface area contributed by atoms with E-state index in [1.807, 2.05) is 0 Å². The lowest BCUT2D eigenvalue weighted by Gasteiger charge is -2.16. The average Bonchev–Trinajstić information content (AvgIpc) is 2.70. The minimum absolute atomic E-state index is 0.0673. The summed E-state index contributed by atoms with van der Waals surface area (Å²) in [5.74, 6) is -2.42. The van der Waals surface area contributed by atoms with Gasteiger partial charge in [0.15, 0.2) is 0 Å². The quantitative estimate of drug-likeness (QED) is 0.373. The zero-order valence-corrected chi connectivity index (χ0v) is 18.3. The van der Waals surface area contributed by atoms with Crippen molar-refractivity contribution in [3.8, 4) is 5.69 Å². The number of carbonyl (C=O) groups is 2. The van der Waals surface area contributed by atoms with Crippen molar-refractivity contribution < 1.29 is 31.9 Å². The Bertz CT molecular complexity index is 1180. The maximum absolute atomic E-state index is 14.5. The van der Waals surface area contributed by atoms with Crippen molar-refractivity contribution in [3.05, 3.63) is 55.6 Å². The lowest BCUT2D eigenvalue weighted by atomic mass is 10.3. The van der Waals surface area contributed by atoms with Crippen molar-refractivity contribution in [1.82, 2.24) is 14.5 Å². The van der Waals surface area contributed by atoms with E-state index in [1.54, 1.807) is 0 Å². The van der Waals surface area contributed by atoms with E-state index in [2.05, 4.69) is 10.1 Å². The van der Waals surface area contributed by atoms with Crippen LogP contribution in [0.2, 0.25) is 5.02 Å². The van der Waals surface area contributed by atoms with Gasteiger partial charge in [-0.05, 0) is 19.1 Å². The van der Waals surface area contributed by atoms with Gasteiger partial charge in [0, 0.05) is 18.0 Å². The molecule has 1 atom stereocenters. The van der Waals surface area contributed by atoms with Gasteiger partial charge in [-0.3, -0.25) is 19.0 Å². The fourth-order valence-corrected chi connectivity index (χ4v) is 3.73. The van der Waals surface area contributed by atoms with Gasteiger partial charge in [-0.2, -0.15) is 13.2 Å². The van der Waals surface area contributed by atoms with Crippen LogP contribution in [0.5, 0.6) is 0 Å². The molecule has 0 aliphatic carbocycles. The third-order valence-corrected chi connectivity index (χ3v) is 5.74. The predicted molar refractivity (Wildman–Crippen MR) is 108 cm³/mol. The van der Waals surface area contributed by atoms with E-state index in [4.69, 9.17) is 11.6 Å². The molecular formula is C18H16ClF4N3O5S. The Morgan fingerprint density at radius 1 is 1.25 bits per heavy atom. The number of halogens is 5. The van der Waals surface area contributed by atoms with E-state index in [0.717, 1.165) is 38.1 Å². The first kappa shape index (κ1) is 25.5. The molecule has 0 aliphatic rings. The summed E-state index contributed by atoms with van der Waals surface area (Å²) in [6.45, 7) is 1.06. The fraction of sp³-hybridized carbons (Fsp3) is 0.333. The lowest BCUT2D eigenvalue weighted by molar-refractivity contribution is -0.144. The topological polar surface area (TPSA) is 99.4 Å². The maximum Gasteiger partial charge on any atom is 0.431 e. The monoisotopic (exact) mass is 497 g/mol. The van der Waals surface area contributed by atoms with Gasteiger partial charge in [-0.1, -0.05) is 11.6 Å². The van der Waals surface area contributed by atoms with Crippen LogP contribution in [0.4, 0.5) is 17.6 Å². The molecule has 0 saturated carbocycles. The lowest BCUT2D eigenvalue weighted by Crippen LogP contribution is -2.41. The first-order valence-corrected chi connectivity index (χ1v) is 9.94. The van der Waals surface area contributed by atoms with Crippen LogP contribution in [0.15, 0.2) is 32.7 Å². The van der Waals surface area contributed by atoms with Gasteiger partial charge in [-0.25, -0.2) is 13.8 Å². The third kappa shape index (κ3) is 5.51. The van der Waals surface area contributed by atoms with Crippen LogP contribution in [-0.2, 0) is 27.5 Å². The number of esters is 1. The number of ether oxygens (including phenoxy) is 1. The number of nitrogens with zero attached hydrogens (tertiary/aromatic N) is 2. The van der Waals surface area contributed by atoms with Crippen LogP contribution in [-0.4, -0.2) is 39.9 Å². The number of thioether (sulfide) groups is 1. The normalized spacial score (nSPS) is 12.4. The van der Waals surface area contributed by atoms with Crippen LogP contribution in [0.3, 0.4) is 0 Å². The summed E-state index contributed by atoms with van der Waals surface area (Å²) in [6, 6.07) is 1.91. The number of hydrogen-bond donors (Lipinski definition) is 1. The maximum atomic E-state index is 14.5. The van der Waals surface area contributed by atoms with Gasteiger partial charge in [0.2, 0.25) is 5.91 Å². The largest absolute Gasteiger partial charge is 0.468 e. The van der Waals surface area contributed by atoms with Gasteiger partial charge >= 0.3 is 17.8 Å². The van der Waals surface area contributed by atoms with E-state index >= 15 is 0 Å². The Morgan fingerprint density at radius 3 is 2.44 bits per heavy atom. The number of benzene rings is 1. The predicted octanol–water partition coefficient (Wildman–Crippen LogP) is 2.12. The Balaban J connectivity index is 2.47. The van der Waals surface area contributed by atoms with Gasteiger partial charge in [-0.15, -0.1) is 11.8 Å². The van der Waals surface area contributed by atoms with Crippen molar-refractivity contribution in [2.24, 2.45) is 7.05 Å². The van der Waals surface area contributed by atoms with E-state index in [9.17, 15) is 36.7 Å². The van der Waals surface area contributed by atoms with Crippen LogP contribution < -0.4 is 16.6 Å². The molecule has 174 valence electrons. The molecule has 1 aromatic heterocycles. The smallest absolute Gasteiger partial charge is 0.431 e. The SMILES string of the molecule is COC(=O)CNC(=O)C(C)Sc1cc(-n2c(=O)cc(C(F)(F)F)n(C)c2=O)c(F)cc1Cl. The zero-order valence-electron chi connectivity index (χ0n) is 16.8. The molecule has 1 amide bonds. The molecule has 0 bridgehead atoms. The van der Waals surface area contributed by atoms with E-state index in [1.165, 1.54) is 6.92 Å². The molecule has 8 nitrogen and oxygen atoms in total. The summed E-state index contributed by atoms with van der Waals surface area (Å²) in [5.41, 5.74) is -4.96. The van der Waals surface area contributed by atoms with Crippen molar-refractivity contribution in [2.45, 2.75) is 23.2 Å². The number of methoxy groups -OCH3 is 1. The summed E-state index contributed by atoms with van der Waals surface area (Å²) in [7, 11) is 1.93. The highest BCUT2D eigenvalue weighted by Crippen LogP contribution is 2.33. The minimum Gasteiger partial charge on any atom is -0.468 e. The highest BCUT2D eigenvalue weighted by Gasteiger charge is 2.35. The van der Waals surface area contributed by atoms with Crippen molar-refractivity contribution in [3.63, 3.8) is 0 Å². The number of aromatic nitrogens is 2. The standard InChI is InChI=1S/C18H16ClF4N3O5S/c1-8(16(29)24-7-15(28)31-3)32-12-5-11(10(20)4-9(12)19)26-14(27)6-13(18(21,22)23)25(2)17(26)30/h4-6,8H,7H2,1-3H3,(H,24,29). The molecule has 1 N–H and O–H groups in total. The molecule has 0 radical (unpaired) electrons. The zero-order chi connectivity index (χ0) is 24.4. The highest BCUT2D eigenvalue weighted by atomic mass is 35.5. The van der Waals surface area contributed by atoms with Crippen LogP contribution in [0.1, 0.15) is 12.6 Å². The summed E-state index contributed by atoms with van der Waals surface area (Å²) in [5, 5.41) is 1.29. The summed E-state index contributed by atoms with van der Waals surface area (Å²) in [6.07, 6.45) is -4.97. The molecule has 14 heteroatoms. The van der Waals surface area contributed by atoms with Crippen molar-refractivity contribution >= 4 is 35.2 Å². The van der Waals surface area contributed by atoms with Crippen molar-refractivity contribution in [2.75, 3.05) is 13.7 Å². The molecule has 1 aromatic carbocycles. The number of amides is 1. The summed E-state index contributed by atoms with van der Waals surface area (Å²) < 4.78 is 58.4. The second-order valence-electron chi connectivity index (χ2n) is 6.33. The molecular weight excluding hydrogens is 482 g/mol. The molecule has 2 rings (SSSR count). The molecule has 2 aromatic rings. The minimum atomic E-state index is -4.97. The first-order valence-electron chi connectivity index (χ1n) is 8.68. The second-order valence-corrected chi connectivity index (χ2v) is 8.12. The van der Waals surface area contributed by atoms with E-state index in [0.29, 0.717) is 0 Å². The number of carbonyl (C=O) groups excluding carboxylic acids is 2. The highest BCUT2D eigenvalue weighted by molar-refractivity contribution is 8.00. The van der Waals surface area contributed by atoms with Crippen LogP contribution in [0.25, 0.3) is 5.69 Å². The van der Waals surface area contributed by atoms with Crippen molar-refractivity contribution in [1.29, 1.82) is 0 Å². The van der Waals surface area contributed by atoms with Gasteiger partial charge in [0.25, 0.3) is 5.56 Å². The van der Waals surface area contributed by atoms with E-state index in [-0.39, 0.29) is 31.7 Å². The van der Waals surface area contributed by atoms with E-state index < -0.39 is 51.8 Å². The molecule has 1 unspecified atom stereocenters. The summed E-state index contributed by atoms with van der Waals surface area (Å²) in [4.78, 5) is 48.0. The second kappa shape index (κ2) is 9.77. The number of hydrogen-bond acceptors (Lipinski definition) is 6. The molecule has 0 aliphatic heterocycles. The number of rotatable bonds is 6. The molecule has 32 heavy (non-hydrogen) atoms. The third-order valence-electron chi connectivity index (χ3n) is 4.16. The molecule has 0 saturated heterocycles. The molecule has 1 heterocycles. The number of alkyl halides is 3. The first-order chi connectivity index (χ1) is 14.8. The molecule has 0 fully saturated rings. The Morgan fingerprint density at radius 2 is 1.88 bits per heavy atom. The van der Waals surface area contributed by atoms with Crippen LogP contribution in [0, 0.1) is 5.82 Å². The average molecular weight is 498 g/mol. The van der Waals surface area contributed by atoms with Gasteiger partial charge in [0.1, 0.15) is 18.1 Å². The van der Waals surface area contributed by atoms with Gasteiger partial charge < -0.3 is 10.1 Å². The summed E-state index contributed by atoms with van der Waals surface area (Å²) >= 11 is 6.81. The fourth-order valence-electron chi connectivity index (χ4n) is 2.52. The Kier molecular flexibility index (Phi) is 7.78. The Hall–Kier alpha value is -2.80. The van der Waals surface area contributed by atoms with Crippen LogP contribution >= 0.6 is 23.4 Å².